The van der Waals surface area contributed by atoms with E-state index in [0.717, 1.165) is 13.2 Å². The summed E-state index contributed by atoms with van der Waals surface area (Å²) in [5.74, 6) is 0. The first-order chi connectivity index (χ1) is 7.52. The van der Waals surface area contributed by atoms with E-state index in [0.29, 0.717) is 11.5 Å². The largest absolute Gasteiger partial charge is 0.372 e. The van der Waals surface area contributed by atoms with Gasteiger partial charge in [-0.2, -0.15) is 0 Å². The van der Waals surface area contributed by atoms with E-state index in [2.05, 4.69) is 26.1 Å². The molecule has 2 heteroatoms. The van der Waals surface area contributed by atoms with Crippen LogP contribution in [0.2, 0.25) is 0 Å². The summed E-state index contributed by atoms with van der Waals surface area (Å²) in [6.45, 7) is 8.94. The molecule has 1 N–H and O–H groups in total. The Bertz CT molecular complexity index is 225. The molecule has 0 amide bonds. The van der Waals surface area contributed by atoms with Crippen molar-refractivity contribution >= 4 is 0 Å². The molecule has 0 aromatic rings. The zero-order valence-electron chi connectivity index (χ0n) is 11.1. The van der Waals surface area contributed by atoms with E-state index in [-0.39, 0.29) is 5.60 Å². The summed E-state index contributed by atoms with van der Waals surface area (Å²) in [4.78, 5) is 0. The number of hydrogen-bond donors (Lipinski definition) is 1. The van der Waals surface area contributed by atoms with Crippen molar-refractivity contribution in [2.75, 3.05) is 13.2 Å². The van der Waals surface area contributed by atoms with Crippen molar-refractivity contribution in [3.05, 3.63) is 0 Å². The molecular formula is C14H27NO. The van der Waals surface area contributed by atoms with E-state index in [4.69, 9.17) is 4.74 Å². The number of hydrogen-bond acceptors (Lipinski definition) is 2. The molecule has 0 aromatic heterocycles. The van der Waals surface area contributed by atoms with Crippen LogP contribution < -0.4 is 5.32 Å². The van der Waals surface area contributed by atoms with Gasteiger partial charge >= 0.3 is 0 Å². The van der Waals surface area contributed by atoms with Crippen LogP contribution in [-0.4, -0.2) is 24.8 Å². The van der Waals surface area contributed by atoms with Crippen molar-refractivity contribution in [1.82, 2.24) is 5.32 Å². The lowest BCUT2D eigenvalue weighted by Gasteiger charge is -2.43. The van der Waals surface area contributed by atoms with Crippen LogP contribution in [0.1, 0.15) is 59.3 Å². The van der Waals surface area contributed by atoms with Gasteiger partial charge in [0.15, 0.2) is 0 Å². The van der Waals surface area contributed by atoms with Crippen LogP contribution in [-0.2, 0) is 4.74 Å². The molecule has 1 aliphatic heterocycles. The zero-order valence-corrected chi connectivity index (χ0v) is 11.1. The van der Waals surface area contributed by atoms with Crippen LogP contribution in [0, 0.1) is 5.41 Å². The summed E-state index contributed by atoms with van der Waals surface area (Å²) in [6, 6.07) is 0.600. The monoisotopic (exact) mass is 225 g/mol. The summed E-state index contributed by atoms with van der Waals surface area (Å²) in [6.07, 6.45) is 7.81. The fourth-order valence-electron chi connectivity index (χ4n) is 3.18. The molecule has 0 bridgehead atoms. The smallest absolute Gasteiger partial charge is 0.0835 e. The van der Waals surface area contributed by atoms with Crippen molar-refractivity contribution in [3.8, 4) is 0 Å². The summed E-state index contributed by atoms with van der Waals surface area (Å²) in [5, 5.41) is 3.70. The van der Waals surface area contributed by atoms with E-state index >= 15 is 0 Å². The normalized spacial score (nSPS) is 29.8. The lowest BCUT2D eigenvalue weighted by Crippen LogP contribution is -2.56. The molecule has 94 valence electrons. The Hall–Kier alpha value is -0.0800. The van der Waals surface area contributed by atoms with Gasteiger partial charge in [-0.05, 0) is 31.1 Å². The quantitative estimate of drug-likeness (QED) is 0.779. The predicted molar refractivity (Wildman–Crippen MR) is 67.6 cm³/mol. The molecule has 2 fully saturated rings. The standard InChI is InChI=1S/C14H27NO/c1-13(2,3)9-6-12-14(7-4-5-8-14)16-11-10-15-12/h12,15H,4-11H2,1-3H3. The number of morpholine rings is 1. The first kappa shape index (κ1) is 12.4. The van der Waals surface area contributed by atoms with Crippen molar-refractivity contribution in [1.29, 1.82) is 0 Å². The van der Waals surface area contributed by atoms with Crippen LogP contribution in [0.5, 0.6) is 0 Å². The van der Waals surface area contributed by atoms with Crippen molar-refractivity contribution in [2.45, 2.75) is 70.9 Å². The predicted octanol–water partition coefficient (Wildman–Crippen LogP) is 3.11. The zero-order chi connectivity index (χ0) is 11.6. The molecule has 1 saturated carbocycles. The summed E-state index contributed by atoms with van der Waals surface area (Å²) < 4.78 is 6.14. The van der Waals surface area contributed by atoms with Crippen LogP contribution in [0.3, 0.4) is 0 Å². The Labute approximate surface area is 100 Å². The van der Waals surface area contributed by atoms with Gasteiger partial charge in [0.05, 0.1) is 12.2 Å². The fourth-order valence-corrected chi connectivity index (χ4v) is 3.18. The Kier molecular flexibility index (Phi) is 3.60. The van der Waals surface area contributed by atoms with E-state index < -0.39 is 0 Å². The first-order valence-electron chi connectivity index (χ1n) is 6.89. The highest BCUT2D eigenvalue weighted by molar-refractivity contribution is 4.99. The lowest BCUT2D eigenvalue weighted by molar-refractivity contribution is -0.0953. The van der Waals surface area contributed by atoms with Crippen molar-refractivity contribution in [3.63, 3.8) is 0 Å². The van der Waals surface area contributed by atoms with Gasteiger partial charge < -0.3 is 10.1 Å². The number of ether oxygens (including phenoxy) is 1. The maximum absolute atomic E-state index is 6.14. The molecule has 1 unspecified atom stereocenters. The second-order valence-electron chi connectivity index (χ2n) is 6.73. The highest BCUT2D eigenvalue weighted by Gasteiger charge is 2.44. The summed E-state index contributed by atoms with van der Waals surface area (Å²) >= 11 is 0. The average molecular weight is 225 g/mol. The molecule has 0 aromatic carbocycles. The molecule has 0 radical (unpaired) electrons. The second-order valence-corrected chi connectivity index (χ2v) is 6.73. The van der Waals surface area contributed by atoms with Gasteiger partial charge in [-0.1, -0.05) is 33.6 Å². The molecule has 16 heavy (non-hydrogen) atoms. The molecule has 2 nitrogen and oxygen atoms in total. The summed E-state index contributed by atoms with van der Waals surface area (Å²) in [7, 11) is 0. The lowest BCUT2D eigenvalue weighted by atomic mass is 9.82. The molecular weight excluding hydrogens is 198 g/mol. The Morgan fingerprint density at radius 3 is 2.56 bits per heavy atom. The van der Waals surface area contributed by atoms with Gasteiger partial charge in [-0.3, -0.25) is 0 Å². The minimum Gasteiger partial charge on any atom is -0.372 e. The Balaban J connectivity index is 1.94. The van der Waals surface area contributed by atoms with E-state index in [9.17, 15) is 0 Å². The molecule has 1 aliphatic carbocycles. The van der Waals surface area contributed by atoms with Gasteiger partial charge in [-0.25, -0.2) is 0 Å². The van der Waals surface area contributed by atoms with Crippen LogP contribution in [0.4, 0.5) is 0 Å². The highest BCUT2D eigenvalue weighted by Crippen LogP contribution is 2.40. The van der Waals surface area contributed by atoms with Gasteiger partial charge in [0.25, 0.3) is 0 Å². The van der Waals surface area contributed by atoms with Gasteiger partial charge in [-0.15, -0.1) is 0 Å². The average Bonchev–Trinajstić information content (AvgIpc) is 2.65. The minimum atomic E-state index is 0.198. The SMILES string of the molecule is CC(C)(C)CCC1NCCOC12CCCC2. The van der Waals surface area contributed by atoms with Crippen molar-refractivity contribution in [2.24, 2.45) is 5.41 Å². The van der Waals surface area contributed by atoms with E-state index in [1.807, 2.05) is 0 Å². The van der Waals surface area contributed by atoms with Crippen LogP contribution in [0.15, 0.2) is 0 Å². The number of nitrogens with one attached hydrogen (secondary N) is 1. The maximum Gasteiger partial charge on any atom is 0.0835 e. The number of rotatable bonds is 2. The van der Waals surface area contributed by atoms with E-state index in [1.54, 1.807) is 0 Å². The fraction of sp³-hybridized carbons (Fsp3) is 1.00. The Morgan fingerprint density at radius 2 is 1.94 bits per heavy atom. The minimum absolute atomic E-state index is 0.198. The van der Waals surface area contributed by atoms with Gasteiger partial charge in [0.2, 0.25) is 0 Å². The third kappa shape index (κ3) is 2.78. The summed E-state index contributed by atoms with van der Waals surface area (Å²) in [5.41, 5.74) is 0.641. The second kappa shape index (κ2) is 4.66. The molecule has 2 rings (SSSR count). The third-order valence-electron chi connectivity index (χ3n) is 4.15. The third-order valence-corrected chi connectivity index (χ3v) is 4.15. The Morgan fingerprint density at radius 1 is 1.25 bits per heavy atom. The van der Waals surface area contributed by atoms with Gasteiger partial charge in [0.1, 0.15) is 0 Å². The van der Waals surface area contributed by atoms with Crippen molar-refractivity contribution < 1.29 is 4.74 Å². The first-order valence-corrected chi connectivity index (χ1v) is 6.89. The highest BCUT2D eigenvalue weighted by atomic mass is 16.5. The maximum atomic E-state index is 6.14. The van der Waals surface area contributed by atoms with Crippen LogP contribution >= 0.6 is 0 Å². The molecule has 1 saturated heterocycles. The molecule has 1 spiro atoms. The van der Waals surface area contributed by atoms with Gasteiger partial charge in [0, 0.05) is 12.6 Å². The van der Waals surface area contributed by atoms with E-state index in [1.165, 1.54) is 38.5 Å². The topological polar surface area (TPSA) is 21.3 Å². The molecule has 1 heterocycles. The molecule has 2 aliphatic rings. The van der Waals surface area contributed by atoms with Crippen LogP contribution in [0.25, 0.3) is 0 Å². The molecule has 1 atom stereocenters.